The van der Waals surface area contributed by atoms with E-state index in [0.717, 1.165) is 5.69 Å². The van der Waals surface area contributed by atoms with Gasteiger partial charge >= 0.3 is 0 Å². The number of rotatable bonds is 5. The number of fused-ring (bicyclic) bond motifs is 1. The minimum absolute atomic E-state index is 0.0432. The highest BCUT2D eigenvalue weighted by Gasteiger charge is 2.08. The van der Waals surface area contributed by atoms with Gasteiger partial charge in [-0.05, 0) is 11.4 Å². The second-order valence-electron chi connectivity index (χ2n) is 4.37. The Kier molecular flexibility index (Phi) is 3.73. The van der Waals surface area contributed by atoms with Crippen molar-refractivity contribution in [3.8, 4) is 0 Å². The summed E-state index contributed by atoms with van der Waals surface area (Å²) in [7, 11) is 0. The average Bonchev–Trinajstić information content (AvgIpc) is 3.13. The molecule has 2 N–H and O–H groups in total. The number of amides is 1. The summed E-state index contributed by atoms with van der Waals surface area (Å²) in [5.74, 6) is -0.238. The largest absolute Gasteiger partial charge is 0.354 e. The van der Waals surface area contributed by atoms with E-state index in [1.165, 1.54) is 22.2 Å². The maximum absolute atomic E-state index is 12.1. The fourth-order valence-corrected chi connectivity index (χ4v) is 2.67. The second-order valence-corrected chi connectivity index (χ2v) is 5.29. The molecule has 9 heteroatoms. The molecule has 0 aromatic carbocycles. The lowest BCUT2D eigenvalue weighted by atomic mass is 10.3. The van der Waals surface area contributed by atoms with Gasteiger partial charge < -0.3 is 5.32 Å². The average molecular weight is 304 g/mol. The number of aromatic nitrogens is 5. The summed E-state index contributed by atoms with van der Waals surface area (Å²) in [6.07, 6.45) is 3.58. The van der Waals surface area contributed by atoms with Gasteiger partial charge in [0.05, 0.1) is 23.7 Å². The van der Waals surface area contributed by atoms with Crippen molar-refractivity contribution in [3.63, 3.8) is 0 Å². The number of thiophene rings is 1. The van der Waals surface area contributed by atoms with Gasteiger partial charge in [0.25, 0.3) is 5.56 Å². The van der Waals surface area contributed by atoms with E-state index in [4.69, 9.17) is 0 Å². The molecule has 3 heterocycles. The third kappa shape index (κ3) is 2.97. The molecule has 0 radical (unpaired) electrons. The van der Waals surface area contributed by atoms with E-state index in [0.29, 0.717) is 23.2 Å². The number of H-pyrrole nitrogens is 1. The number of carbonyl (C=O) groups is 1. The molecule has 0 spiro atoms. The Labute approximate surface area is 122 Å². The summed E-state index contributed by atoms with van der Waals surface area (Å²) in [5.41, 5.74) is 1.24. The lowest BCUT2D eigenvalue weighted by Gasteiger charge is -2.06. The van der Waals surface area contributed by atoms with Crippen LogP contribution < -0.4 is 10.9 Å². The van der Waals surface area contributed by atoms with Crippen LogP contribution in [0, 0.1) is 0 Å². The van der Waals surface area contributed by atoms with E-state index in [1.54, 1.807) is 17.6 Å². The van der Waals surface area contributed by atoms with Crippen molar-refractivity contribution in [1.82, 2.24) is 30.3 Å². The summed E-state index contributed by atoms with van der Waals surface area (Å²) < 4.78 is 1.87. The lowest BCUT2D eigenvalue weighted by molar-refractivity contribution is -0.121. The first kappa shape index (κ1) is 13.4. The Morgan fingerprint density at radius 1 is 1.48 bits per heavy atom. The third-order valence-electron chi connectivity index (χ3n) is 2.92. The molecule has 3 rings (SSSR count). The van der Waals surface area contributed by atoms with Crippen LogP contribution in [0.25, 0.3) is 10.2 Å². The van der Waals surface area contributed by atoms with Crippen LogP contribution in [0.3, 0.4) is 0 Å². The number of hydrogen-bond donors (Lipinski definition) is 2. The summed E-state index contributed by atoms with van der Waals surface area (Å²) >= 11 is 1.33. The van der Waals surface area contributed by atoms with Crippen molar-refractivity contribution in [1.29, 1.82) is 0 Å². The predicted molar refractivity (Wildman–Crippen MR) is 77.0 cm³/mol. The third-order valence-corrected chi connectivity index (χ3v) is 3.81. The number of aromatic amines is 1. The fraction of sp³-hybridized carbons (Fsp3) is 0.250. The van der Waals surface area contributed by atoms with Gasteiger partial charge in [0, 0.05) is 13.0 Å². The molecule has 0 fully saturated rings. The fourth-order valence-electron chi connectivity index (χ4n) is 1.88. The minimum atomic E-state index is -0.238. The van der Waals surface area contributed by atoms with Gasteiger partial charge in [-0.3, -0.25) is 14.2 Å². The van der Waals surface area contributed by atoms with E-state index in [-0.39, 0.29) is 18.0 Å². The molecule has 8 nitrogen and oxygen atoms in total. The highest BCUT2D eigenvalue weighted by atomic mass is 32.1. The molecule has 1 amide bonds. The Hall–Kier alpha value is -2.55. The van der Waals surface area contributed by atoms with Crippen molar-refractivity contribution < 1.29 is 4.79 Å². The number of nitrogens with one attached hydrogen (secondary N) is 2. The van der Waals surface area contributed by atoms with Crippen molar-refractivity contribution in [3.05, 3.63) is 40.0 Å². The van der Waals surface area contributed by atoms with E-state index in [9.17, 15) is 9.59 Å². The van der Waals surface area contributed by atoms with E-state index >= 15 is 0 Å². The van der Waals surface area contributed by atoms with Gasteiger partial charge in [0.15, 0.2) is 0 Å². The number of nitrogens with zero attached hydrogens (tertiary/aromatic N) is 4. The highest BCUT2D eigenvalue weighted by Crippen LogP contribution is 2.12. The van der Waals surface area contributed by atoms with Crippen LogP contribution in [-0.4, -0.2) is 37.4 Å². The van der Waals surface area contributed by atoms with Gasteiger partial charge in [0.1, 0.15) is 11.2 Å². The maximum Gasteiger partial charge on any atom is 0.271 e. The topological polar surface area (TPSA) is 106 Å². The Morgan fingerprint density at radius 3 is 3.19 bits per heavy atom. The van der Waals surface area contributed by atoms with Gasteiger partial charge in [-0.2, -0.15) is 15.4 Å². The summed E-state index contributed by atoms with van der Waals surface area (Å²) in [6.45, 7) is 0.396. The maximum atomic E-state index is 12.1. The molecular weight excluding hydrogens is 292 g/mol. The smallest absolute Gasteiger partial charge is 0.271 e. The molecular formula is C12H12N6O2S. The van der Waals surface area contributed by atoms with Crippen LogP contribution in [0.4, 0.5) is 0 Å². The zero-order chi connectivity index (χ0) is 14.7. The van der Waals surface area contributed by atoms with Gasteiger partial charge in [-0.15, -0.1) is 11.3 Å². The molecule has 0 atom stereocenters. The molecule has 3 aromatic heterocycles. The molecule has 3 aromatic rings. The summed E-state index contributed by atoms with van der Waals surface area (Å²) in [4.78, 5) is 28.1. The molecule has 0 aliphatic rings. The van der Waals surface area contributed by atoms with Crippen LogP contribution in [0.5, 0.6) is 0 Å². The first-order valence-electron chi connectivity index (χ1n) is 6.28. The van der Waals surface area contributed by atoms with Crippen molar-refractivity contribution >= 4 is 27.5 Å². The Balaban J connectivity index is 1.60. The first-order valence-corrected chi connectivity index (χ1v) is 7.16. The molecule has 0 saturated heterocycles. The summed E-state index contributed by atoms with van der Waals surface area (Å²) in [6, 6.07) is 1.78. The Morgan fingerprint density at radius 2 is 2.38 bits per heavy atom. The quantitative estimate of drug-likeness (QED) is 0.686. The van der Waals surface area contributed by atoms with Gasteiger partial charge in [0.2, 0.25) is 5.91 Å². The highest BCUT2D eigenvalue weighted by molar-refractivity contribution is 7.17. The molecule has 0 unspecified atom stereocenters. The van der Waals surface area contributed by atoms with Gasteiger partial charge in [-0.25, -0.2) is 4.98 Å². The van der Waals surface area contributed by atoms with E-state index in [2.05, 4.69) is 25.7 Å². The normalized spacial score (nSPS) is 10.9. The molecule has 108 valence electrons. The van der Waals surface area contributed by atoms with E-state index in [1.807, 2.05) is 0 Å². The lowest BCUT2D eigenvalue weighted by Crippen LogP contribution is -2.33. The molecule has 0 aliphatic carbocycles. The van der Waals surface area contributed by atoms with Crippen LogP contribution in [0.2, 0.25) is 0 Å². The zero-order valence-electron chi connectivity index (χ0n) is 10.9. The molecule has 0 bridgehead atoms. The number of carbonyl (C=O) groups excluding carboxylic acids is 1. The van der Waals surface area contributed by atoms with E-state index < -0.39 is 0 Å². The van der Waals surface area contributed by atoms with Crippen LogP contribution >= 0.6 is 11.3 Å². The molecule has 0 saturated carbocycles. The van der Waals surface area contributed by atoms with Crippen LogP contribution in [-0.2, 0) is 17.8 Å². The molecule has 21 heavy (non-hydrogen) atoms. The standard InChI is InChI=1S/C12H12N6O2S/c19-10(13-3-1-8-5-15-17-16-8)6-18-7-14-9-2-4-21-11(9)12(18)20/h2,4-5,7H,1,3,6H2,(H,13,19)(H,15,16,17). The van der Waals surface area contributed by atoms with Gasteiger partial charge in [-0.1, -0.05) is 0 Å². The first-order chi connectivity index (χ1) is 10.2. The van der Waals surface area contributed by atoms with Crippen LogP contribution in [0.1, 0.15) is 5.69 Å². The van der Waals surface area contributed by atoms with Crippen molar-refractivity contribution in [2.45, 2.75) is 13.0 Å². The monoisotopic (exact) mass is 304 g/mol. The Bertz CT molecular complexity index is 807. The zero-order valence-corrected chi connectivity index (χ0v) is 11.8. The molecule has 0 aliphatic heterocycles. The number of hydrogen-bond acceptors (Lipinski definition) is 6. The minimum Gasteiger partial charge on any atom is -0.354 e. The predicted octanol–water partition coefficient (Wildman–Crippen LogP) is -0.0650. The van der Waals surface area contributed by atoms with Crippen molar-refractivity contribution in [2.24, 2.45) is 0 Å². The van der Waals surface area contributed by atoms with Crippen LogP contribution in [0.15, 0.2) is 28.8 Å². The second kappa shape index (κ2) is 5.83. The SMILES string of the molecule is O=C(Cn1cnc2ccsc2c1=O)NCCc1cn[nH]n1. The van der Waals surface area contributed by atoms with Crippen molar-refractivity contribution in [2.75, 3.05) is 6.54 Å². The summed E-state index contributed by atoms with van der Waals surface area (Å²) in [5, 5.41) is 14.6.